The van der Waals surface area contributed by atoms with Gasteiger partial charge in [-0.2, -0.15) is 13.2 Å². The van der Waals surface area contributed by atoms with Crippen LogP contribution in [-0.4, -0.2) is 11.3 Å². The first-order chi connectivity index (χ1) is 6.46. The fourth-order valence-corrected chi connectivity index (χ4v) is 1.10. The molecule has 0 saturated heterocycles. The number of carbonyl (C=O) groups excluding carboxylic acids is 1. The Morgan fingerprint density at radius 1 is 1.50 bits per heavy atom. The lowest BCUT2D eigenvalue weighted by atomic mass is 10.0. The van der Waals surface area contributed by atoms with Crippen LogP contribution in [0.5, 0.6) is 0 Å². The van der Waals surface area contributed by atoms with Crippen LogP contribution < -0.4 is 0 Å². The molecule has 0 spiro atoms. The Kier molecular flexibility index (Phi) is 2.88. The standard InChI is InChI=1S/C9H8F3NO/c1-6(5-14)7-3-2-4-13-8(7)9(10,11)12/h2-6H,1H3. The number of hydrogen-bond donors (Lipinski definition) is 0. The lowest BCUT2D eigenvalue weighted by Crippen LogP contribution is -2.13. The van der Waals surface area contributed by atoms with Gasteiger partial charge in [-0.05, 0) is 11.6 Å². The molecule has 0 amide bonds. The minimum atomic E-state index is -4.51. The second-order valence-corrected chi connectivity index (χ2v) is 2.86. The summed E-state index contributed by atoms with van der Waals surface area (Å²) in [6.45, 7) is 1.40. The number of halogens is 3. The molecule has 0 aliphatic heterocycles. The molecule has 0 fully saturated rings. The highest BCUT2D eigenvalue weighted by atomic mass is 19.4. The topological polar surface area (TPSA) is 30.0 Å². The molecular weight excluding hydrogens is 195 g/mol. The van der Waals surface area contributed by atoms with E-state index in [2.05, 4.69) is 4.98 Å². The van der Waals surface area contributed by atoms with Crippen LogP contribution in [0.2, 0.25) is 0 Å². The molecule has 0 aliphatic carbocycles. The molecule has 1 atom stereocenters. The molecule has 1 aromatic rings. The highest BCUT2D eigenvalue weighted by molar-refractivity contribution is 5.62. The predicted octanol–water partition coefficient (Wildman–Crippen LogP) is 2.40. The molecule has 5 heteroatoms. The first kappa shape index (κ1) is 10.7. The van der Waals surface area contributed by atoms with Crippen LogP contribution in [0, 0.1) is 0 Å². The Morgan fingerprint density at radius 2 is 2.14 bits per heavy atom. The van der Waals surface area contributed by atoms with Crippen molar-refractivity contribution < 1.29 is 18.0 Å². The number of aldehydes is 1. The van der Waals surface area contributed by atoms with Crippen LogP contribution in [0.1, 0.15) is 24.1 Å². The molecule has 0 radical (unpaired) electrons. The van der Waals surface area contributed by atoms with Gasteiger partial charge in [-0.1, -0.05) is 13.0 Å². The summed E-state index contributed by atoms with van der Waals surface area (Å²) < 4.78 is 37.1. The molecule has 0 aliphatic rings. The Balaban J connectivity index is 3.22. The van der Waals surface area contributed by atoms with E-state index in [0.29, 0.717) is 6.29 Å². The summed E-state index contributed by atoms with van der Waals surface area (Å²) in [5.41, 5.74) is -1.07. The van der Waals surface area contributed by atoms with Gasteiger partial charge in [-0.3, -0.25) is 4.98 Å². The van der Waals surface area contributed by atoms with Gasteiger partial charge in [-0.25, -0.2) is 0 Å². The van der Waals surface area contributed by atoms with Crippen LogP contribution in [-0.2, 0) is 11.0 Å². The lowest BCUT2D eigenvalue weighted by molar-refractivity contribution is -0.142. The second kappa shape index (κ2) is 3.77. The van der Waals surface area contributed by atoms with Crippen LogP contribution in [0.15, 0.2) is 18.3 Å². The van der Waals surface area contributed by atoms with E-state index >= 15 is 0 Å². The van der Waals surface area contributed by atoms with Gasteiger partial charge in [-0.15, -0.1) is 0 Å². The summed E-state index contributed by atoms with van der Waals surface area (Å²) in [6, 6.07) is 2.64. The summed E-state index contributed by atoms with van der Waals surface area (Å²) in [7, 11) is 0. The van der Waals surface area contributed by atoms with Crippen molar-refractivity contribution >= 4 is 6.29 Å². The summed E-state index contributed by atoms with van der Waals surface area (Å²) in [5, 5.41) is 0. The maximum absolute atomic E-state index is 12.4. The van der Waals surface area contributed by atoms with Crippen molar-refractivity contribution in [1.82, 2.24) is 4.98 Å². The Labute approximate surface area is 78.8 Å². The molecule has 1 rings (SSSR count). The normalized spacial score (nSPS) is 13.7. The number of nitrogens with zero attached hydrogens (tertiary/aromatic N) is 1. The highest BCUT2D eigenvalue weighted by Gasteiger charge is 2.35. The van der Waals surface area contributed by atoms with E-state index in [1.54, 1.807) is 0 Å². The van der Waals surface area contributed by atoms with Gasteiger partial charge < -0.3 is 4.79 Å². The number of hydrogen-bond acceptors (Lipinski definition) is 2. The molecule has 0 N–H and O–H groups in total. The van der Waals surface area contributed by atoms with Crippen LogP contribution >= 0.6 is 0 Å². The molecule has 0 saturated carbocycles. The van der Waals surface area contributed by atoms with Crippen molar-refractivity contribution in [3.63, 3.8) is 0 Å². The van der Waals surface area contributed by atoms with E-state index in [0.717, 1.165) is 6.20 Å². The minimum absolute atomic E-state index is 0.0880. The lowest BCUT2D eigenvalue weighted by Gasteiger charge is -2.12. The average molecular weight is 203 g/mol. The first-order valence-electron chi connectivity index (χ1n) is 3.94. The van der Waals surface area contributed by atoms with Crippen LogP contribution in [0.25, 0.3) is 0 Å². The van der Waals surface area contributed by atoms with Crippen LogP contribution in [0.3, 0.4) is 0 Å². The Bertz CT molecular complexity index is 335. The Hall–Kier alpha value is -1.39. The monoisotopic (exact) mass is 203 g/mol. The van der Waals surface area contributed by atoms with Crippen molar-refractivity contribution in [2.24, 2.45) is 0 Å². The fraction of sp³-hybridized carbons (Fsp3) is 0.333. The zero-order chi connectivity index (χ0) is 10.8. The summed E-state index contributed by atoms with van der Waals surface area (Å²) in [6.07, 6.45) is -2.98. The van der Waals surface area contributed by atoms with Crippen molar-refractivity contribution in [3.05, 3.63) is 29.6 Å². The quantitative estimate of drug-likeness (QED) is 0.691. The third-order valence-electron chi connectivity index (χ3n) is 1.80. The minimum Gasteiger partial charge on any atom is -0.303 e. The van der Waals surface area contributed by atoms with Crippen molar-refractivity contribution in [3.8, 4) is 0 Å². The number of alkyl halides is 3. The van der Waals surface area contributed by atoms with Crippen molar-refractivity contribution in [1.29, 1.82) is 0 Å². The summed E-state index contributed by atoms with van der Waals surface area (Å²) in [5.74, 6) is -0.791. The predicted molar refractivity (Wildman–Crippen MR) is 43.7 cm³/mol. The second-order valence-electron chi connectivity index (χ2n) is 2.86. The first-order valence-corrected chi connectivity index (χ1v) is 3.94. The Morgan fingerprint density at radius 3 is 2.64 bits per heavy atom. The number of carbonyl (C=O) groups is 1. The zero-order valence-electron chi connectivity index (χ0n) is 7.38. The molecule has 1 heterocycles. The van der Waals surface area contributed by atoms with Gasteiger partial charge in [0, 0.05) is 12.1 Å². The third kappa shape index (κ3) is 2.10. The summed E-state index contributed by atoms with van der Waals surface area (Å²) >= 11 is 0. The average Bonchev–Trinajstić information content (AvgIpc) is 2.15. The smallest absolute Gasteiger partial charge is 0.303 e. The molecule has 1 aromatic heterocycles. The van der Waals surface area contributed by atoms with E-state index in [4.69, 9.17) is 0 Å². The SMILES string of the molecule is CC(C=O)c1cccnc1C(F)(F)F. The largest absolute Gasteiger partial charge is 0.433 e. The van der Waals surface area contributed by atoms with Crippen molar-refractivity contribution in [2.75, 3.05) is 0 Å². The van der Waals surface area contributed by atoms with Gasteiger partial charge >= 0.3 is 6.18 Å². The molecule has 0 aromatic carbocycles. The third-order valence-corrected chi connectivity index (χ3v) is 1.80. The number of aromatic nitrogens is 1. The van der Waals surface area contributed by atoms with E-state index in [1.807, 2.05) is 0 Å². The van der Waals surface area contributed by atoms with Gasteiger partial charge in [0.15, 0.2) is 0 Å². The van der Waals surface area contributed by atoms with Gasteiger partial charge in [0.25, 0.3) is 0 Å². The maximum atomic E-state index is 12.4. The number of rotatable bonds is 2. The van der Waals surface area contributed by atoms with E-state index in [1.165, 1.54) is 19.1 Å². The van der Waals surface area contributed by atoms with E-state index < -0.39 is 17.8 Å². The molecule has 14 heavy (non-hydrogen) atoms. The maximum Gasteiger partial charge on any atom is 0.433 e. The van der Waals surface area contributed by atoms with Crippen molar-refractivity contribution in [2.45, 2.75) is 19.0 Å². The molecule has 1 unspecified atom stereocenters. The molecular formula is C9H8F3NO. The van der Waals surface area contributed by atoms with Gasteiger partial charge in [0.2, 0.25) is 0 Å². The fourth-order valence-electron chi connectivity index (χ4n) is 1.10. The zero-order valence-corrected chi connectivity index (χ0v) is 7.38. The van der Waals surface area contributed by atoms with E-state index in [9.17, 15) is 18.0 Å². The molecule has 2 nitrogen and oxygen atoms in total. The molecule has 0 bridgehead atoms. The number of pyridine rings is 1. The van der Waals surface area contributed by atoms with Gasteiger partial charge in [0.05, 0.1) is 0 Å². The summed E-state index contributed by atoms with van der Waals surface area (Å²) in [4.78, 5) is 13.6. The molecule has 76 valence electrons. The highest BCUT2D eigenvalue weighted by Crippen LogP contribution is 2.32. The van der Waals surface area contributed by atoms with Gasteiger partial charge in [0.1, 0.15) is 12.0 Å². The van der Waals surface area contributed by atoms with E-state index in [-0.39, 0.29) is 5.56 Å². The van der Waals surface area contributed by atoms with Crippen LogP contribution in [0.4, 0.5) is 13.2 Å².